The first-order chi connectivity index (χ1) is 18.1. The second kappa shape index (κ2) is 12.1. The van der Waals surface area contributed by atoms with Gasteiger partial charge in [-0.25, -0.2) is 9.59 Å². The van der Waals surface area contributed by atoms with Gasteiger partial charge in [-0.2, -0.15) is 4.98 Å². The summed E-state index contributed by atoms with van der Waals surface area (Å²) >= 11 is 0. The van der Waals surface area contributed by atoms with Crippen molar-refractivity contribution in [3.63, 3.8) is 0 Å². The number of nitrogens with one attached hydrogen (secondary N) is 2. The first-order valence-electron chi connectivity index (χ1n) is 13.4. The topological polar surface area (TPSA) is 152 Å². The highest BCUT2D eigenvalue weighted by Crippen LogP contribution is 2.24. The standard InChI is InChI=1S/C27H40N8O3/c1-27(2,29)24(36)33-13-15-34(16-14-33)25(37)31-23-10-12-35(26(38)32-23)22-7-4-19(5-8-22)9-11-30-21-6-3-20(17-21)18-28/h4-5,7-8,10,12,20-21,30H,3,6,9,11,13-18,28-29H2,1-2H3,(H,31,32,37,38)/t20-,21?/m1/s1. The van der Waals surface area contributed by atoms with Gasteiger partial charge in [-0.15, -0.1) is 0 Å². The molecular formula is C27H40N8O3. The van der Waals surface area contributed by atoms with Crippen LogP contribution in [0.2, 0.25) is 0 Å². The van der Waals surface area contributed by atoms with E-state index in [0.717, 1.165) is 25.9 Å². The van der Waals surface area contributed by atoms with Crippen molar-refractivity contribution in [1.82, 2.24) is 24.7 Å². The molecule has 2 aromatic rings. The molecule has 11 nitrogen and oxygen atoms in total. The third-order valence-corrected chi connectivity index (χ3v) is 7.38. The molecule has 3 amide bonds. The molecule has 0 bridgehead atoms. The first kappa shape index (κ1) is 27.7. The van der Waals surface area contributed by atoms with Crippen LogP contribution in [-0.2, 0) is 11.2 Å². The van der Waals surface area contributed by atoms with Crippen molar-refractivity contribution in [3.8, 4) is 5.69 Å². The zero-order valence-corrected chi connectivity index (χ0v) is 22.4. The lowest BCUT2D eigenvalue weighted by Gasteiger charge is -2.37. The highest BCUT2D eigenvalue weighted by atomic mass is 16.2. The number of carbonyl (C=O) groups is 2. The Morgan fingerprint density at radius 3 is 2.34 bits per heavy atom. The fourth-order valence-corrected chi connectivity index (χ4v) is 5.10. The molecule has 1 saturated carbocycles. The van der Waals surface area contributed by atoms with Gasteiger partial charge in [0.2, 0.25) is 5.91 Å². The molecule has 1 aromatic heterocycles. The molecule has 1 aliphatic heterocycles. The Morgan fingerprint density at radius 2 is 1.74 bits per heavy atom. The predicted octanol–water partition coefficient (Wildman–Crippen LogP) is 0.905. The molecule has 0 radical (unpaired) electrons. The lowest BCUT2D eigenvalue weighted by atomic mass is 10.1. The summed E-state index contributed by atoms with van der Waals surface area (Å²) in [7, 11) is 0. The molecule has 6 N–H and O–H groups in total. The molecule has 2 heterocycles. The minimum atomic E-state index is -0.945. The largest absolute Gasteiger partial charge is 0.354 e. The molecule has 1 aliphatic carbocycles. The summed E-state index contributed by atoms with van der Waals surface area (Å²) in [6.45, 7) is 6.59. The highest BCUT2D eigenvalue weighted by Gasteiger charge is 2.31. The van der Waals surface area contributed by atoms with Gasteiger partial charge in [-0.1, -0.05) is 12.1 Å². The van der Waals surface area contributed by atoms with Crippen LogP contribution in [0.3, 0.4) is 0 Å². The van der Waals surface area contributed by atoms with E-state index in [9.17, 15) is 14.4 Å². The number of aromatic nitrogens is 2. The number of rotatable bonds is 8. The average Bonchev–Trinajstić information content (AvgIpc) is 3.36. The predicted molar refractivity (Wildman–Crippen MR) is 147 cm³/mol. The molecule has 2 aliphatic rings. The van der Waals surface area contributed by atoms with Crippen molar-refractivity contribution in [2.45, 2.75) is 51.1 Å². The molecule has 1 unspecified atom stereocenters. The Kier molecular flexibility index (Phi) is 8.80. The smallest absolute Gasteiger partial charge is 0.338 e. The summed E-state index contributed by atoms with van der Waals surface area (Å²) in [4.78, 5) is 45.0. The number of amides is 3. The second-order valence-corrected chi connectivity index (χ2v) is 10.9. The minimum absolute atomic E-state index is 0.141. The van der Waals surface area contributed by atoms with Gasteiger partial charge in [-0.3, -0.25) is 14.7 Å². The lowest BCUT2D eigenvalue weighted by Crippen LogP contribution is -2.58. The molecule has 206 valence electrons. The summed E-state index contributed by atoms with van der Waals surface area (Å²) in [5.41, 5.74) is 12.2. The van der Waals surface area contributed by atoms with Gasteiger partial charge in [0.15, 0.2) is 0 Å². The van der Waals surface area contributed by atoms with E-state index in [1.54, 1.807) is 35.9 Å². The second-order valence-electron chi connectivity index (χ2n) is 10.9. The van der Waals surface area contributed by atoms with Gasteiger partial charge < -0.3 is 26.6 Å². The Labute approximate surface area is 223 Å². The molecule has 1 saturated heterocycles. The summed E-state index contributed by atoms with van der Waals surface area (Å²) < 4.78 is 1.45. The Bertz CT molecular complexity index is 1170. The normalized spacial score (nSPS) is 20.0. The number of urea groups is 1. The number of piperazine rings is 1. The third kappa shape index (κ3) is 6.97. The van der Waals surface area contributed by atoms with Gasteiger partial charge in [0.25, 0.3) is 0 Å². The molecule has 4 rings (SSSR count). The quantitative estimate of drug-likeness (QED) is 0.400. The van der Waals surface area contributed by atoms with E-state index < -0.39 is 11.2 Å². The number of nitrogens with zero attached hydrogens (tertiary/aromatic N) is 4. The van der Waals surface area contributed by atoms with Crippen molar-refractivity contribution in [3.05, 3.63) is 52.6 Å². The van der Waals surface area contributed by atoms with Gasteiger partial charge in [0, 0.05) is 38.4 Å². The molecule has 1 aromatic carbocycles. The molecular weight excluding hydrogens is 484 g/mol. The van der Waals surface area contributed by atoms with Crippen LogP contribution in [0.15, 0.2) is 41.3 Å². The Balaban J connectivity index is 1.27. The van der Waals surface area contributed by atoms with Crippen LogP contribution >= 0.6 is 0 Å². The zero-order chi connectivity index (χ0) is 27.3. The first-order valence-corrected chi connectivity index (χ1v) is 13.4. The van der Waals surface area contributed by atoms with Crippen LogP contribution in [0.4, 0.5) is 10.6 Å². The number of anilines is 1. The summed E-state index contributed by atoms with van der Waals surface area (Å²) in [5, 5.41) is 6.31. The minimum Gasteiger partial charge on any atom is -0.338 e. The molecule has 2 fully saturated rings. The van der Waals surface area contributed by atoms with Gasteiger partial charge in [0.05, 0.1) is 11.2 Å². The average molecular weight is 525 g/mol. The zero-order valence-electron chi connectivity index (χ0n) is 22.4. The number of hydrogen-bond donors (Lipinski definition) is 4. The monoisotopic (exact) mass is 524 g/mol. The fraction of sp³-hybridized carbons (Fsp3) is 0.556. The molecule has 0 spiro atoms. The Hall–Kier alpha value is -3.28. The fourth-order valence-electron chi connectivity index (χ4n) is 5.10. The maximum atomic E-state index is 12.7. The number of benzene rings is 1. The van der Waals surface area contributed by atoms with Crippen LogP contribution in [0.25, 0.3) is 5.69 Å². The number of hydrogen-bond acceptors (Lipinski definition) is 7. The van der Waals surface area contributed by atoms with E-state index in [4.69, 9.17) is 11.5 Å². The third-order valence-electron chi connectivity index (χ3n) is 7.38. The van der Waals surface area contributed by atoms with Crippen molar-refractivity contribution in [2.75, 3.05) is 44.6 Å². The van der Waals surface area contributed by atoms with Crippen LogP contribution in [0.5, 0.6) is 0 Å². The van der Waals surface area contributed by atoms with E-state index in [0.29, 0.717) is 43.8 Å². The van der Waals surface area contributed by atoms with E-state index in [-0.39, 0.29) is 17.8 Å². The number of nitrogens with two attached hydrogens (primary N) is 2. The Morgan fingerprint density at radius 1 is 1.05 bits per heavy atom. The van der Waals surface area contributed by atoms with Crippen LogP contribution in [0, 0.1) is 5.92 Å². The molecule has 2 atom stereocenters. The van der Waals surface area contributed by atoms with Crippen molar-refractivity contribution in [2.24, 2.45) is 17.4 Å². The van der Waals surface area contributed by atoms with E-state index in [2.05, 4.69) is 15.6 Å². The number of carbonyl (C=O) groups excluding carboxylic acids is 2. The van der Waals surface area contributed by atoms with Gasteiger partial charge in [0.1, 0.15) is 5.82 Å². The van der Waals surface area contributed by atoms with Crippen LogP contribution in [0.1, 0.15) is 38.7 Å². The lowest BCUT2D eigenvalue weighted by molar-refractivity contribution is -0.137. The van der Waals surface area contributed by atoms with Crippen molar-refractivity contribution in [1.29, 1.82) is 0 Å². The van der Waals surface area contributed by atoms with Crippen LogP contribution in [-0.4, -0.2) is 82.1 Å². The van der Waals surface area contributed by atoms with E-state index >= 15 is 0 Å². The summed E-state index contributed by atoms with van der Waals surface area (Å²) in [6, 6.07) is 9.65. The summed E-state index contributed by atoms with van der Waals surface area (Å²) in [5.74, 6) is 0.692. The maximum absolute atomic E-state index is 12.7. The van der Waals surface area contributed by atoms with Crippen molar-refractivity contribution >= 4 is 17.8 Å². The SMILES string of the molecule is CC(C)(N)C(=O)N1CCN(C(=O)Nc2ccn(-c3ccc(CCNC4CC[C@@H](CN)C4)cc3)c(=O)n2)CC1. The summed E-state index contributed by atoms with van der Waals surface area (Å²) in [6.07, 6.45) is 6.08. The van der Waals surface area contributed by atoms with Crippen molar-refractivity contribution < 1.29 is 9.59 Å². The van der Waals surface area contributed by atoms with E-state index in [1.807, 2.05) is 24.3 Å². The van der Waals surface area contributed by atoms with Gasteiger partial charge in [-0.05, 0) is 82.3 Å². The van der Waals surface area contributed by atoms with E-state index in [1.165, 1.54) is 23.0 Å². The maximum Gasteiger partial charge on any atom is 0.354 e. The van der Waals surface area contributed by atoms with Crippen LogP contribution < -0.4 is 27.8 Å². The molecule has 11 heteroatoms. The highest BCUT2D eigenvalue weighted by molar-refractivity contribution is 5.89. The molecule has 38 heavy (non-hydrogen) atoms. The van der Waals surface area contributed by atoms with Gasteiger partial charge >= 0.3 is 11.7 Å².